The molecule has 0 aromatic carbocycles. The van der Waals surface area contributed by atoms with E-state index in [0.29, 0.717) is 21.3 Å². The van der Waals surface area contributed by atoms with Crippen molar-refractivity contribution >= 4 is 29.2 Å². The largest absolute Gasteiger partial charge is 1.00 e. The molecule has 0 aromatic heterocycles. The maximum absolute atomic E-state index is 5.58. The van der Waals surface area contributed by atoms with Crippen molar-refractivity contribution in [2.24, 2.45) is 28.6 Å². The third-order valence-corrected chi connectivity index (χ3v) is 7.60. The molecule has 0 radical (unpaired) electrons. The molecule has 3 aliphatic rings. The summed E-state index contributed by atoms with van der Waals surface area (Å²) in [6.07, 6.45) is 9.61. The van der Waals surface area contributed by atoms with Gasteiger partial charge in [0.2, 0.25) is 0 Å². The van der Waals surface area contributed by atoms with Gasteiger partial charge in [-0.3, -0.25) is 0 Å². The maximum atomic E-state index is 5.58. The molecule has 3 rings (SSSR count). The molecule has 0 saturated heterocycles. The molecular weight excluding hydrogens is 323 g/mol. The van der Waals surface area contributed by atoms with Gasteiger partial charge in [0, 0.05) is 4.38 Å². The van der Waals surface area contributed by atoms with Gasteiger partial charge in [-0.1, -0.05) is 20.8 Å². The molecule has 0 aromatic rings. The van der Waals surface area contributed by atoms with Crippen LogP contribution in [-0.4, -0.2) is 10.5 Å². The Morgan fingerprint density at radius 3 is 2.14 bits per heavy atom. The zero-order chi connectivity index (χ0) is 14.5. The van der Waals surface area contributed by atoms with Crippen molar-refractivity contribution in [3.8, 4) is 0 Å². The first kappa shape index (κ1) is 19.1. The Hall–Kier alpha value is 1.75. The van der Waals surface area contributed by atoms with E-state index in [9.17, 15) is 0 Å². The third-order valence-electron chi connectivity index (χ3n) is 7.41. The molecule has 0 N–H and O–H groups in total. The molecule has 0 spiro atoms. The molecule has 0 amide bonds. The molecule has 3 aliphatic carbocycles. The van der Waals surface area contributed by atoms with Gasteiger partial charge in [0.25, 0.3) is 0 Å². The number of ether oxygens (including phenoxy) is 1. The van der Waals surface area contributed by atoms with Gasteiger partial charge >= 0.3 is 51.4 Å². The molecule has 21 heavy (non-hydrogen) atoms. The van der Waals surface area contributed by atoms with Crippen molar-refractivity contribution in [3.05, 3.63) is 0 Å². The van der Waals surface area contributed by atoms with Gasteiger partial charge < -0.3 is 29.6 Å². The van der Waals surface area contributed by atoms with E-state index in [1.807, 2.05) is 0 Å². The Morgan fingerprint density at radius 1 is 1.10 bits per heavy atom. The number of hydrogen-bond acceptors (Lipinski definition) is 3. The molecule has 3 unspecified atom stereocenters. The summed E-state index contributed by atoms with van der Waals surface area (Å²) >= 11 is 9.79. The SMILES string of the molecule is CC1(C)C2CCC1(C)C(C1CCC(OC(=S)[S-])CC1)C2.[K+]. The minimum Gasteiger partial charge on any atom is -0.510 e. The van der Waals surface area contributed by atoms with Gasteiger partial charge in [-0.05, 0) is 73.5 Å². The first-order chi connectivity index (χ1) is 9.34. The second-order valence-electron chi connectivity index (χ2n) is 8.12. The summed E-state index contributed by atoms with van der Waals surface area (Å²) in [5.74, 6) is 2.81. The van der Waals surface area contributed by atoms with E-state index in [-0.39, 0.29) is 51.4 Å². The number of hydrogen-bond donors (Lipinski definition) is 0. The minimum absolute atomic E-state index is 0. The average Bonchev–Trinajstić information content (AvgIpc) is 2.71. The maximum Gasteiger partial charge on any atom is 1.00 e. The fraction of sp³-hybridized carbons (Fsp3) is 0.941. The Bertz CT molecular complexity index is 404. The van der Waals surface area contributed by atoms with Gasteiger partial charge in [-0.15, -0.1) is 0 Å². The number of rotatable bonds is 2. The number of thiocarbonyl (C=S) groups is 1. The van der Waals surface area contributed by atoms with Gasteiger partial charge in [-0.25, -0.2) is 0 Å². The first-order valence-corrected chi connectivity index (χ1v) is 9.04. The summed E-state index contributed by atoms with van der Waals surface area (Å²) in [6, 6.07) is 0. The van der Waals surface area contributed by atoms with Crippen LogP contribution < -0.4 is 51.4 Å². The summed E-state index contributed by atoms with van der Waals surface area (Å²) in [5, 5.41) is 0. The summed E-state index contributed by atoms with van der Waals surface area (Å²) in [5.41, 5.74) is 1.12. The topological polar surface area (TPSA) is 9.23 Å². The summed E-state index contributed by atoms with van der Waals surface area (Å²) < 4.78 is 5.88. The predicted octanol–water partition coefficient (Wildman–Crippen LogP) is 1.86. The van der Waals surface area contributed by atoms with Crippen molar-refractivity contribution < 1.29 is 56.1 Å². The molecule has 2 bridgehead atoms. The van der Waals surface area contributed by atoms with Crippen LogP contribution in [0, 0.1) is 28.6 Å². The standard InChI is InChI=1S/C17H28OS2.K/c1-16(2)12-8-9-17(16,3)14(10-12)11-4-6-13(7-5-11)18-15(19)20;/h11-14H,4-10H2,1-3H3,(H,19,20);/q;+1/p-1. The Balaban J connectivity index is 0.00000161. The second-order valence-corrected chi connectivity index (χ2v) is 9.12. The average molecular weight is 351 g/mol. The second kappa shape index (κ2) is 6.93. The Labute approximate surface area is 183 Å². The van der Waals surface area contributed by atoms with E-state index in [1.165, 1.54) is 32.1 Å². The molecule has 0 heterocycles. The van der Waals surface area contributed by atoms with Gasteiger partial charge in [-0.2, -0.15) is 0 Å². The molecule has 114 valence electrons. The molecule has 3 fully saturated rings. The van der Waals surface area contributed by atoms with E-state index >= 15 is 0 Å². The Kier molecular flexibility index (Phi) is 6.30. The van der Waals surface area contributed by atoms with Crippen molar-refractivity contribution in [3.63, 3.8) is 0 Å². The van der Waals surface area contributed by atoms with Gasteiger partial charge in [0.15, 0.2) is 0 Å². The molecular formula is C17H27KOS2. The summed E-state index contributed by atoms with van der Waals surface area (Å²) in [4.78, 5) is 0. The predicted molar refractivity (Wildman–Crippen MR) is 89.5 cm³/mol. The van der Waals surface area contributed by atoms with Crippen LogP contribution in [0.1, 0.15) is 65.7 Å². The van der Waals surface area contributed by atoms with Crippen LogP contribution in [0.5, 0.6) is 0 Å². The zero-order valence-electron chi connectivity index (χ0n) is 14.0. The molecule has 1 nitrogen and oxygen atoms in total. The quantitative estimate of drug-likeness (QED) is 0.427. The molecule has 3 saturated carbocycles. The minimum atomic E-state index is 0. The Morgan fingerprint density at radius 2 is 1.71 bits per heavy atom. The molecule has 0 aliphatic heterocycles. The van der Waals surface area contributed by atoms with Crippen LogP contribution in [0.4, 0.5) is 0 Å². The van der Waals surface area contributed by atoms with Crippen molar-refractivity contribution in [1.82, 2.24) is 0 Å². The van der Waals surface area contributed by atoms with Crippen LogP contribution in [0.2, 0.25) is 0 Å². The van der Waals surface area contributed by atoms with E-state index in [1.54, 1.807) is 0 Å². The van der Waals surface area contributed by atoms with Crippen LogP contribution in [0.15, 0.2) is 0 Å². The van der Waals surface area contributed by atoms with E-state index in [4.69, 9.17) is 29.6 Å². The normalized spacial score (nSPS) is 44.1. The fourth-order valence-electron chi connectivity index (χ4n) is 5.72. The third kappa shape index (κ3) is 3.29. The first-order valence-electron chi connectivity index (χ1n) is 8.22. The number of fused-ring (bicyclic) bond motifs is 2. The van der Waals surface area contributed by atoms with Crippen LogP contribution in [-0.2, 0) is 17.4 Å². The van der Waals surface area contributed by atoms with Crippen LogP contribution in [0.3, 0.4) is 0 Å². The van der Waals surface area contributed by atoms with Crippen LogP contribution in [0.25, 0.3) is 0 Å². The summed E-state index contributed by atoms with van der Waals surface area (Å²) in [7, 11) is 0. The molecule has 3 atom stereocenters. The smallest absolute Gasteiger partial charge is 0.510 e. The fourth-order valence-corrected chi connectivity index (χ4v) is 6.00. The van der Waals surface area contributed by atoms with E-state index < -0.39 is 0 Å². The molecule has 4 heteroatoms. The van der Waals surface area contributed by atoms with Crippen molar-refractivity contribution in [2.75, 3.05) is 0 Å². The van der Waals surface area contributed by atoms with Crippen molar-refractivity contribution in [2.45, 2.75) is 71.8 Å². The van der Waals surface area contributed by atoms with Gasteiger partial charge in [0.05, 0.1) is 6.10 Å². The summed E-state index contributed by atoms with van der Waals surface area (Å²) in [6.45, 7) is 7.62. The monoisotopic (exact) mass is 350 g/mol. The van der Waals surface area contributed by atoms with Crippen molar-refractivity contribution in [1.29, 1.82) is 0 Å². The zero-order valence-corrected chi connectivity index (χ0v) is 18.7. The van der Waals surface area contributed by atoms with E-state index in [0.717, 1.165) is 30.6 Å². The van der Waals surface area contributed by atoms with Gasteiger partial charge in [0.1, 0.15) is 0 Å². The van der Waals surface area contributed by atoms with Crippen LogP contribution >= 0.6 is 12.2 Å². The van der Waals surface area contributed by atoms with E-state index in [2.05, 4.69) is 20.8 Å².